The van der Waals surface area contributed by atoms with Crippen molar-refractivity contribution in [2.45, 2.75) is 32.2 Å². The molecule has 0 aromatic heterocycles. The van der Waals surface area contributed by atoms with E-state index in [0.29, 0.717) is 13.2 Å². The van der Waals surface area contributed by atoms with E-state index in [1.165, 1.54) is 10.4 Å². The third-order valence-corrected chi connectivity index (χ3v) is 11.8. The van der Waals surface area contributed by atoms with Crippen LogP contribution in [0.3, 0.4) is 0 Å². The number of rotatable bonds is 5. The molecule has 0 aliphatic carbocycles. The molecule has 1 atom stereocenters. The maximum absolute atomic E-state index is 12.0. The zero-order valence-corrected chi connectivity index (χ0v) is 18.1. The number of hydrogen-bond donors (Lipinski definition) is 1. The van der Waals surface area contributed by atoms with Gasteiger partial charge in [0.1, 0.15) is 0 Å². The molecule has 146 valence electrons. The summed E-state index contributed by atoms with van der Waals surface area (Å²) in [5.41, 5.74) is 0. The zero-order chi connectivity index (χ0) is 19.5. The van der Waals surface area contributed by atoms with E-state index >= 15 is 0 Å². The highest BCUT2D eigenvalue weighted by molar-refractivity contribution is 7.89. The molecule has 3 rings (SSSR count). The second-order valence-corrected chi connectivity index (χ2v) is 14.5. The Morgan fingerprint density at radius 3 is 1.96 bits per heavy atom. The molecule has 0 bridgehead atoms. The topological polar surface area (TPSA) is 55.4 Å². The van der Waals surface area contributed by atoms with Gasteiger partial charge in [-0.05, 0) is 27.8 Å². The van der Waals surface area contributed by atoms with Crippen molar-refractivity contribution in [1.82, 2.24) is 4.72 Å². The summed E-state index contributed by atoms with van der Waals surface area (Å²) in [6.45, 7) is 7.67. The van der Waals surface area contributed by atoms with E-state index in [4.69, 9.17) is 4.43 Å². The van der Waals surface area contributed by atoms with Crippen LogP contribution >= 0.6 is 0 Å². The van der Waals surface area contributed by atoms with E-state index < -0.39 is 18.3 Å². The number of hydrogen-bond acceptors (Lipinski definition) is 3. The fourth-order valence-corrected chi connectivity index (χ4v) is 10.1. The number of sulfonamides is 1. The lowest BCUT2D eigenvalue weighted by Gasteiger charge is -2.44. The van der Waals surface area contributed by atoms with Gasteiger partial charge in [0.05, 0.1) is 5.75 Å². The monoisotopic (exact) mass is 403 g/mol. The van der Waals surface area contributed by atoms with Gasteiger partial charge in [-0.15, -0.1) is 0 Å². The minimum absolute atomic E-state index is 0.0258. The van der Waals surface area contributed by atoms with Crippen LogP contribution < -0.4 is 15.1 Å². The minimum Gasteiger partial charge on any atom is -0.407 e. The van der Waals surface area contributed by atoms with Crippen molar-refractivity contribution in [2.24, 2.45) is 5.92 Å². The van der Waals surface area contributed by atoms with Crippen molar-refractivity contribution >= 4 is 28.7 Å². The van der Waals surface area contributed by atoms with Crippen LogP contribution in [0.15, 0.2) is 60.7 Å². The molecular weight excluding hydrogens is 374 g/mol. The molecule has 0 amide bonds. The first kappa shape index (κ1) is 20.3. The Bertz CT molecular complexity index is 809. The molecule has 6 heteroatoms. The van der Waals surface area contributed by atoms with Gasteiger partial charge in [-0.25, -0.2) is 13.1 Å². The van der Waals surface area contributed by atoms with Gasteiger partial charge in [-0.1, -0.05) is 81.4 Å². The molecule has 1 unspecified atom stereocenters. The van der Waals surface area contributed by atoms with E-state index in [9.17, 15) is 8.42 Å². The van der Waals surface area contributed by atoms with Crippen molar-refractivity contribution in [3.63, 3.8) is 0 Å². The molecule has 1 N–H and O–H groups in total. The van der Waals surface area contributed by atoms with E-state index in [-0.39, 0.29) is 16.7 Å². The van der Waals surface area contributed by atoms with Gasteiger partial charge >= 0.3 is 0 Å². The largest absolute Gasteiger partial charge is 0.407 e. The normalized spacial score (nSPS) is 20.3. The first-order valence-corrected chi connectivity index (χ1v) is 13.0. The summed E-state index contributed by atoms with van der Waals surface area (Å²) in [7, 11) is -5.77. The van der Waals surface area contributed by atoms with Crippen LogP contribution in [-0.4, -0.2) is 35.6 Å². The second-order valence-electron chi connectivity index (χ2n) is 8.30. The molecule has 1 aliphatic rings. The summed E-state index contributed by atoms with van der Waals surface area (Å²) in [5.74, 6) is 0.170. The van der Waals surface area contributed by atoms with Gasteiger partial charge in [0, 0.05) is 13.2 Å². The van der Waals surface area contributed by atoms with Crippen molar-refractivity contribution < 1.29 is 12.8 Å². The Labute approximate surface area is 164 Å². The lowest BCUT2D eigenvalue weighted by Crippen LogP contribution is -2.67. The summed E-state index contributed by atoms with van der Waals surface area (Å²) in [4.78, 5) is 0. The Morgan fingerprint density at radius 1 is 1.00 bits per heavy atom. The minimum atomic E-state index is -3.18. The predicted octanol–water partition coefficient (Wildman–Crippen LogP) is 2.50. The van der Waals surface area contributed by atoms with Gasteiger partial charge in [0.25, 0.3) is 8.32 Å². The van der Waals surface area contributed by atoms with Crippen LogP contribution in [0.4, 0.5) is 0 Å². The fourth-order valence-electron chi connectivity index (χ4n) is 4.01. The summed E-state index contributed by atoms with van der Waals surface area (Å²) < 4.78 is 33.4. The third kappa shape index (κ3) is 4.34. The van der Waals surface area contributed by atoms with Crippen LogP contribution in [0, 0.1) is 5.92 Å². The molecule has 1 fully saturated rings. The Kier molecular flexibility index (Phi) is 5.91. The van der Waals surface area contributed by atoms with E-state index in [1.807, 2.05) is 12.1 Å². The van der Waals surface area contributed by atoms with Crippen LogP contribution in [0.25, 0.3) is 0 Å². The summed E-state index contributed by atoms with van der Waals surface area (Å²) >= 11 is 0. The molecule has 0 saturated carbocycles. The number of nitrogens with one attached hydrogen (secondary N) is 1. The molecule has 1 heterocycles. The van der Waals surface area contributed by atoms with Crippen molar-refractivity contribution in [3.8, 4) is 0 Å². The molecule has 27 heavy (non-hydrogen) atoms. The quantitative estimate of drug-likeness (QED) is 0.781. The smallest absolute Gasteiger partial charge is 0.261 e. The van der Waals surface area contributed by atoms with Crippen molar-refractivity contribution in [2.75, 3.05) is 18.9 Å². The highest BCUT2D eigenvalue weighted by atomic mass is 32.2. The Morgan fingerprint density at radius 2 is 1.52 bits per heavy atom. The average Bonchev–Trinajstić information content (AvgIpc) is 2.62. The molecule has 1 saturated heterocycles. The van der Waals surface area contributed by atoms with Crippen molar-refractivity contribution in [1.29, 1.82) is 0 Å². The molecule has 0 spiro atoms. The predicted molar refractivity (Wildman–Crippen MR) is 113 cm³/mol. The number of benzene rings is 2. The van der Waals surface area contributed by atoms with E-state index in [2.05, 4.69) is 74.0 Å². The van der Waals surface area contributed by atoms with Crippen LogP contribution in [-0.2, 0) is 14.4 Å². The van der Waals surface area contributed by atoms with E-state index in [1.54, 1.807) is 0 Å². The lowest BCUT2D eigenvalue weighted by molar-refractivity contribution is 0.236. The van der Waals surface area contributed by atoms with Crippen LogP contribution in [0.2, 0.25) is 5.04 Å². The van der Waals surface area contributed by atoms with Crippen LogP contribution in [0.5, 0.6) is 0 Å². The summed E-state index contributed by atoms with van der Waals surface area (Å²) in [5, 5.41) is 2.35. The first-order valence-electron chi connectivity index (χ1n) is 9.47. The SMILES string of the molecule is CC(C)(C)[Si](OCC1CCNS(=O)(=O)C1)(c1ccccc1)c1ccccc1. The maximum Gasteiger partial charge on any atom is 0.261 e. The lowest BCUT2D eigenvalue weighted by atomic mass is 10.1. The Balaban J connectivity index is 2.02. The van der Waals surface area contributed by atoms with Gasteiger partial charge in [0.2, 0.25) is 10.0 Å². The van der Waals surface area contributed by atoms with Gasteiger partial charge in [-0.3, -0.25) is 0 Å². The van der Waals surface area contributed by atoms with Crippen LogP contribution in [0.1, 0.15) is 27.2 Å². The molecule has 2 aromatic carbocycles. The molecule has 4 nitrogen and oxygen atoms in total. The maximum atomic E-state index is 12.0. The Hall–Kier alpha value is -1.47. The summed E-state index contributed by atoms with van der Waals surface area (Å²) in [6, 6.07) is 20.9. The zero-order valence-electron chi connectivity index (χ0n) is 16.3. The first-order chi connectivity index (χ1) is 12.7. The average molecular weight is 404 g/mol. The standard InChI is InChI=1S/C21H29NO3SSi/c1-21(2,3)27(19-10-6-4-7-11-19,20-12-8-5-9-13-20)25-16-18-14-15-22-26(23,24)17-18/h4-13,18,22H,14-17H2,1-3H3. The van der Waals surface area contributed by atoms with Gasteiger partial charge < -0.3 is 4.43 Å². The fraction of sp³-hybridized carbons (Fsp3) is 0.429. The van der Waals surface area contributed by atoms with E-state index in [0.717, 1.165) is 6.42 Å². The van der Waals surface area contributed by atoms with Crippen molar-refractivity contribution in [3.05, 3.63) is 60.7 Å². The summed E-state index contributed by atoms with van der Waals surface area (Å²) in [6.07, 6.45) is 0.817. The molecular formula is C21H29NO3SSi. The highest BCUT2D eigenvalue weighted by Gasteiger charge is 2.50. The second kappa shape index (κ2) is 7.87. The molecule has 2 aromatic rings. The third-order valence-electron chi connectivity index (χ3n) is 5.28. The molecule has 1 aliphatic heterocycles. The highest BCUT2D eigenvalue weighted by Crippen LogP contribution is 2.37. The molecule has 0 radical (unpaired) electrons. The van der Waals surface area contributed by atoms with Gasteiger partial charge in [-0.2, -0.15) is 0 Å². The van der Waals surface area contributed by atoms with Gasteiger partial charge in [0.15, 0.2) is 0 Å².